The molecule has 9 heteroatoms. The van der Waals surface area contributed by atoms with Crippen LogP contribution in [0.25, 0.3) is 16.9 Å². The Balaban J connectivity index is 2.05. The van der Waals surface area contributed by atoms with E-state index in [1.54, 1.807) is 30.5 Å². The fourth-order valence-electron chi connectivity index (χ4n) is 2.47. The van der Waals surface area contributed by atoms with E-state index in [1.165, 1.54) is 23.9 Å². The molecule has 27 heavy (non-hydrogen) atoms. The third-order valence-corrected chi connectivity index (χ3v) is 5.12. The summed E-state index contributed by atoms with van der Waals surface area (Å²) in [5.74, 6) is 0.500. The van der Waals surface area contributed by atoms with Crippen LogP contribution in [0.3, 0.4) is 0 Å². The Morgan fingerprint density at radius 2 is 1.78 bits per heavy atom. The normalized spacial score (nSPS) is 11.6. The average molecular weight is 433 g/mol. The fourth-order valence-corrected chi connectivity index (χ4v) is 3.49. The molecule has 3 aromatic rings. The summed E-state index contributed by atoms with van der Waals surface area (Å²) >= 11 is 13.6. The molecule has 142 valence electrons. The number of ether oxygens (including phenoxy) is 1. The van der Waals surface area contributed by atoms with Gasteiger partial charge in [0, 0.05) is 11.3 Å². The van der Waals surface area contributed by atoms with Crippen LogP contribution in [0.5, 0.6) is 5.75 Å². The van der Waals surface area contributed by atoms with Crippen molar-refractivity contribution in [2.75, 3.05) is 5.75 Å². The maximum absolute atomic E-state index is 12.4. The van der Waals surface area contributed by atoms with E-state index in [1.807, 2.05) is 17.6 Å². The number of rotatable bonds is 5. The molecule has 0 bridgehead atoms. The first kappa shape index (κ1) is 19.9. The number of nitrogens with zero attached hydrogens (tertiary/aromatic N) is 2. The minimum atomic E-state index is -4.73. The largest absolute Gasteiger partial charge is 0.573 e. The fraction of sp³-hybridized carbons (Fsp3) is 0.167. The number of hydrogen-bond acceptors (Lipinski definition) is 3. The Hall–Kier alpha value is -1.83. The van der Waals surface area contributed by atoms with Crippen molar-refractivity contribution in [3.63, 3.8) is 0 Å². The summed E-state index contributed by atoms with van der Waals surface area (Å²) < 4.78 is 42.9. The van der Waals surface area contributed by atoms with Crippen molar-refractivity contribution in [1.29, 1.82) is 0 Å². The first-order chi connectivity index (χ1) is 12.8. The van der Waals surface area contributed by atoms with E-state index in [-0.39, 0.29) is 5.75 Å². The molecule has 1 aromatic heterocycles. The van der Waals surface area contributed by atoms with Gasteiger partial charge in [-0.25, -0.2) is 4.98 Å². The van der Waals surface area contributed by atoms with Crippen LogP contribution in [-0.4, -0.2) is 21.7 Å². The molecular weight excluding hydrogens is 420 g/mol. The van der Waals surface area contributed by atoms with Gasteiger partial charge in [0.2, 0.25) is 0 Å². The smallest absolute Gasteiger partial charge is 0.406 e. The van der Waals surface area contributed by atoms with Gasteiger partial charge in [0.1, 0.15) is 5.75 Å². The van der Waals surface area contributed by atoms with Gasteiger partial charge in [-0.15, -0.1) is 13.2 Å². The molecule has 3 nitrogen and oxygen atoms in total. The maximum atomic E-state index is 12.4. The van der Waals surface area contributed by atoms with E-state index in [0.29, 0.717) is 20.9 Å². The van der Waals surface area contributed by atoms with Crippen LogP contribution >= 0.6 is 35.0 Å². The first-order valence-corrected chi connectivity index (χ1v) is 9.55. The minimum absolute atomic E-state index is 0.285. The lowest BCUT2D eigenvalue weighted by molar-refractivity contribution is -0.274. The van der Waals surface area contributed by atoms with Crippen LogP contribution in [0.15, 0.2) is 53.8 Å². The molecule has 3 rings (SSSR count). The van der Waals surface area contributed by atoms with Gasteiger partial charge in [0.05, 0.1) is 21.9 Å². The number of halogens is 5. The molecule has 2 aromatic carbocycles. The predicted octanol–water partition coefficient (Wildman–Crippen LogP) is 6.86. The van der Waals surface area contributed by atoms with E-state index < -0.39 is 6.36 Å². The summed E-state index contributed by atoms with van der Waals surface area (Å²) in [5.41, 5.74) is 2.18. The van der Waals surface area contributed by atoms with Gasteiger partial charge in [-0.1, -0.05) is 48.0 Å². The van der Waals surface area contributed by atoms with Crippen molar-refractivity contribution < 1.29 is 17.9 Å². The number of thioether (sulfide) groups is 1. The number of imidazole rings is 1. The Kier molecular flexibility index (Phi) is 5.93. The SMILES string of the molecule is CCSc1ncc(-c2ccc(Cl)c(Cl)c2)n1-c1ccc(OC(F)(F)F)cc1. The molecule has 0 aliphatic heterocycles. The molecule has 0 aliphatic rings. The first-order valence-electron chi connectivity index (χ1n) is 7.80. The zero-order chi connectivity index (χ0) is 19.6. The van der Waals surface area contributed by atoms with Crippen molar-refractivity contribution >= 4 is 35.0 Å². The van der Waals surface area contributed by atoms with E-state index >= 15 is 0 Å². The van der Waals surface area contributed by atoms with Gasteiger partial charge in [-0.05, 0) is 42.2 Å². The van der Waals surface area contributed by atoms with Crippen molar-refractivity contribution in [2.45, 2.75) is 18.4 Å². The zero-order valence-corrected chi connectivity index (χ0v) is 16.3. The van der Waals surface area contributed by atoms with Gasteiger partial charge in [0.25, 0.3) is 0 Å². The van der Waals surface area contributed by atoms with Gasteiger partial charge < -0.3 is 4.74 Å². The molecule has 0 unspecified atom stereocenters. The molecular formula is C18H13Cl2F3N2OS. The molecule has 0 saturated carbocycles. The Bertz CT molecular complexity index is 943. The maximum Gasteiger partial charge on any atom is 0.573 e. The van der Waals surface area contributed by atoms with Crippen LogP contribution in [0.2, 0.25) is 10.0 Å². The highest BCUT2D eigenvalue weighted by Crippen LogP contribution is 2.34. The van der Waals surface area contributed by atoms with Gasteiger partial charge in [-0.3, -0.25) is 4.57 Å². The quantitative estimate of drug-likeness (QED) is 0.412. The topological polar surface area (TPSA) is 27.1 Å². The van der Waals surface area contributed by atoms with Gasteiger partial charge >= 0.3 is 6.36 Å². The molecule has 0 fully saturated rings. The van der Waals surface area contributed by atoms with Crippen molar-refractivity contribution in [3.05, 3.63) is 58.7 Å². The monoisotopic (exact) mass is 432 g/mol. The molecule has 0 aliphatic carbocycles. The lowest BCUT2D eigenvalue weighted by Crippen LogP contribution is -2.17. The lowest BCUT2D eigenvalue weighted by Gasteiger charge is -2.14. The Labute approximate surface area is 168 Å². The third kappa shape index (κ3) is 4.72. The second-order valence-electron chi connectivity index (χ2n) is 5.37. The van der Waals surface area contributed by atoms with E-state index in [2.05, 4.69) is 9.72 Å². The minimum Gasteiger partial charge on any atom is -0.406 e. The van der Waals surface area contributed by atoms with E-state index in [9.17, 15) is 13.2 Å². The van der Waals surface area contributed by atoms with E-state index in [4.69, 9.17) is 23.2 Å². The number of aromatic nitrogens is 2. The summed E-state index contributed by atoms with van der Waals surface area (Å²) in [4.78, 5) is 4.43. The molecule has 0 N–H and O–H groups in total. The van der Waals surface area contributed by atoms with Crippen LogP contribution in [0, 0.1) is 0 Å². The zero-order valence-electron chi connectivity index (χ0n) is 13.9. The molecule has 0 atom stereocenters. The molecule has 0 saturated heterocycles. The average Bonchev–Trinajstić information content (AvgIpc) is 3.01. The lowest BCUT2D eigenvalue weighted by atomic mass is 10.1. The molecule has 1 heterocycles. The summed E-state index contributed by atoms with van der Waals surface area (Å²) in [7, 11) is 0. The van der Waals surface area contributed by atoms with Crippen LogP contribution < -0.4 is 4.74 Å². The molecule has 0 radical (unpaired) electrons. The van der Waals surface area contributed by atoms with Crippen LogP contribution in [-0.2, 0) is 0 Å². The summed E-state index contributed by atoms with van der Waals surface area (Å²) in [6.45, 7) is 1.99. The Morgan fingerprint density at radius 1 is 1.07 bits per heavy atom. The Morgan fingerprint density at radius 3 is 2.37 bits per heavy atom. The molecule has 0 amide bonds. The summed E-state index contributed by atoms with van der Waals surface area (Å²) in [6.07, 6.45) is -3.04. The van der Waals surface area contributed by atoms with Crippen LogP contribution in [0.1, 0.15) is 6.92 Å². The van der Waals surface area contributed by atoms with E-state index in [0.717, 1.165) is 17.0 Å². The number of alkyl halides is 3. The standard InChI is InChI=1S/C18H13Cl2F3N2OS/c1-2-27-17-24-10-16(11-3-8-14(19)15(20)9-11)25(17)12-4-6-13(7-5-12)26-18(21,22)23/h3-10H,2H2,1H3. The van der Waals surface area contributed by atoms with Crippen molar-refractivity contribution in [3.8, 4) is 22.7 Å². The van der Waals surface area contributed by atoms with Gasteiger partial charge in [-0.2, -0.15) is 0 Å². The number of benzene rings is 2. The third-order valence-electron chi connectivity index (χ3n) is 3.55. The van der Waals surface area contributed by atoms with Crippen molar-refractivity contribution in [1.82, 2.24) is 9.55 Å². The number of hydrogen-bond donors (Lipinski definition) is 0. The summed E-state index contributed by atoms with van der Waals surface area (Å²) in [6, 6.07) is 10.8. The second kappa shape index (κ2) is 8.04. The second-order valence-corrected chi connectivity index (χ2v) is 7.41. The predicted molar refractivity (Wildman–Crippen MR) is 102 cm³/mol. The summed E-state index contributed by atoms with van der Waals surface area (Å²) in [5, 5.41) is 1.55. The van der Waals surface area contributed by atoms with Gasteiger partial charge in [0.15, 0.2) is 5.16 Å². The molecule has 0 spiro atoms. The highest BCUT2D eigenvalue weighted by molar-refractivity contribution is 7.99. The van der Waals surface area contributed by atoms with Crippen molar-refractivity contribution in [2.24, 2.45) is 0 Å². The highest BCUT2D eigenvalue weighted by Gasteiger charge is 2.31. The highest BCUT2D eigenvalue weighted by atomic mass is 35.5. The van der Waals surface area contributed by atoms with Crippen LogP contribution in [0.4, 0.5) is 13.2 Å².